The van der Waals surface area contributed by atoms with Crippen LogP contribution in [0.25, 0.3) is 0 Å². The Morgan fingerprint density at radius 2 is 1.80 bits per heavy atom. The number of carbonyl (C=O) groups is 2. The third kappa shape index (κ3) is 3.40. The van der Waals surface area contributed by atoms with Gasteiger partial charge in [-0.05, 0) is 43.2 Å². The first kappa shape index (κ1) is 17.5. The molecule has 0 spiro atoms. The molecule has 0 N–H and O–H groups in total. The van der Waals surface area contributed by atoms with Gasteiger partial charge in [0.25, 0.3) is 5.91 Å². The van der Waals surface area contributed by atoms with Crippen molar-refractivity contribution in [2.75, 3.05) is 18.0 Å². The molecule has 0 aliphatic carbocycles. The molecule has 2 amide bonds. The minimum Gasteiger partial charge on any atom is -0.325 e. The summed E-state index contributed by atoms with van der Waals surface area (Å²) >= 11 is 6.13. The third-order valence-electron chi connectivity index (χ3n) is 4.68. The fourth-order valence-electron chi connectivity index (χ4n) is 3.11. The summed E-state index contributed by atoms with van der Waals surface area (Å²) in [5.74, 6) is -0.275. The van der Waals surface area contributed by atoms with E-state index in [1.54, 1.807) is 41.0 Å². The summed E-state index contributed by atoms with van der Waals surface area (Å²) < 4.78 is 0. The Morgan fingerprint density at radius 3 is 2.44 bits per heavy atom. The van der Waals surface area contributed by atoms with Gasteiger partial charge in [0.2, 0.25) is 5.91 Å². The normalized spacial score (nSPS) is 17.7. The van der Waals surface area contributed by atoms with Crippen molar-refractivity contribution in [1.82, 2.24) is 4.90 Å². The van der Waals surface area contributed by atoms with E-state index in [1.807, 2.05) is 24.3 Å². The molecule has 3 rings (SSSR count). The summed E-state index contributed by atoms with van der Waals surface area (Å²) in [6.07, 6.45) is 0.963. The number of rotatable bonds is 3. The van der Waals surface area contributed by atoms with Gasteiger partial charge < -0.3 is 9.80 Å². The quantitative estimate of drug-likeness (QED) is 0.839. The molecule has 1 aliphatic heterocycles. The predicted octanol–water partition coefficient (Wildman–Crippen LogP) is 3.78. The summed E-state index contributed by atoms with van der Waals surface area (Å²) in [5, 5.41) is 0.407. The summed E-state index contributed by atoms with van der Waals surface area (Å²) in [6, 6.07) is 14.4. The van der Waals surface area contributed by atoms with E-state index < -0.39 is 6.04 Å². The zero-order valence-electron chi connectivity index (χ0n) is 14.4. The maximum atomic E-state index is 12.8. The van der Waals surface area contributed by atoms with E-state index in [2.05, 4.69) is 6.92 Å². The van der Waals surface area contributed by atoms with Gasteiger partial charge in [-0.15, -0.1) is 0 Å². The van der Waals surface area contributed by atoms with Crippen LogP contribution in [-0.2, 0) is 11.2 Å². The van der Waals surface area contributed by atoms with E-state index in [-0.39, 0.29) is 11.8 Å². The van der Waals surface area contributed by atoms with E-state index in [1.165, 1.54) is 5.56 Å². The number of nitrogens with zero attached hydrogens (tertiary/aromatic N) is 2. The molecule has 5 heteroatoms. The minimum atomic E-state index is -0.525. The van der Waals surface area contributed by atoms with Crippen LogP contribution in [0.1, 0.15) is 29.8 Å². The molecule has 1 heterocycles. The van der Waals surface area contributed by atoms with Crippen molar-refractivity contribution in [3.8, 4) is 0 Å². The molecule has 25 heavy (non-hydrogen) atoms. The van der Waals surface area contributed by atoms with E-state index >= 15 is 0 Å². The lowest BCUT2D eigenvalue weighted by molar-refractivity contribution is -0.124. The number of anilines is 1. The number of hydrogen-bond acceptors (Lipinski definition) is 2. The van der Waals surface area contributed by atoms with Crippen molar-refractivity contribution in [2.24, 2.45) is 0 Å². The highest BCUT2D eigenvalue weighted by molar-refractivity contribution is 6.33. The van der Waals surface area contributed by atoms with Gasteiger partial charge >= 0.3 is 0 Å². The van der Waals surface area contributed by atoms with E-state index in [0.29, 0.717) is 23.7 Å². The molecule has 2 aromatic carbocycles. The van der Waals surface area contributed by atoms with E-state index in [4.69, 9.17) is 11.6 Å². The summed E-state index contributed by atoms with van der Waals surface area (Å²) in [5.41, 5.74) is 2.54. The number of piperazine rings is 1. The standard InChI is InChI=1S/C20H21ClN2O2/c1-3-15-8-10-16(11-9-15)23-13-12-22(14(2)19(23)24)20(25)17-6-4-5-7-18(17)21/h4-11,14H,3,12-13H2,1-2H3. The van der Waals surface area contributed by atoms with Crippen LogP contribution >= 0.6 is 11.6 Å². The van der Waals surface area contributed by atoms with Crippen molar-refractivity contribution in [3.05, 3.63) is 64.7 Å². The summed E-state index contributed by atoms with van der Waals surface area (Å²) in [6.45, 7) is 4.82. The van der Waals surface area contributed by atoms with Gasteiger partial charge in [-0.2, -0.15) is 0 Å². The van der Waals surface area contributed by atoms with Crippen molar-refractivity contribution in [1.29, 1.82) is 0 Å². The van der Waals surface area contributed by atoms with Crippen LogP contribution in [0, 0.1) is 0 Å². The van der Waals surface area contributed by atoms with Gasteiger partial charge in [-0.1, -0.05) is 42.8 Å². The lowest BCUT2D eigenvalue weighted by Gasteiger charge is -2.39. The number of amides is 2. The van der Waals surface area contributed by atoms with Crippen LogP contribution in [0.5, 0.6) is 0 Å². The highest BCUT2D eigenvalue weighted by atomic mass is 35.5. The zero-order valence-corrected chi connectivity index (χ0v) is 15.2. The van der Waals surface area contributed by atoms with Crippen LogP contribution < -0.4 is 4.90 Å². The second-order valence-electron chi connectivity index (χ2n) is 6.16. The minimum absolute atomic E-state index is 0.0732. The van der Waals surface area contributed by atoms with Gasteiger partial charge in [0.1, 0.15) is 6.04 Å². The van der Waals surface area contributed by atoms with Gasteiger partial charge in [0.15, 0.2) is 0 Å². The molecule has 1 atom stereocenters. The number of carbonyl (C=O) groups excluding carboxylic acids is 2. The van der Waals surface area contributed by atoms with Crippen LogP contribution in [0.4, 0.5) is 5.69 Å². The lowest BCUT2D eigenvalue weighted by atomic mass is 10.1. The summed E-state index contributed by atoms with van der Waals surface area (Å²) in [7, 11) is 0. The first-order valence-electron chi connectivity index (χ1n) is 8.48. The van der Waals surface area contributed by atoms with Crippen molar-refractivity contribution >= 4 is 29.1 Å². The molecule has 4 nitrogen and oxygen atoms in total. The molecule has 1 saturated heterocycles. The number of hydrogen-bond donors (Lipinski definition) is 0. The molecule has 1 fully saturated rings. The highest BCUT2D eigenvalue weighted by Gasteiger charge is 2.35. The molecule has 0 aromatic heterocycles. The largest absolute Gasteiger partial charge is 0.325 e. The number of aryl methyl sites for hydroxylation is 1. The Balaban J connectivity index is 1.79. The van der Waals surface area contributed by atoms with Crippen molar-refractivity contribution in [2.45, 2.75) is 26.3 Å². The molecule has 1 aliphatic rings. The van der Waals surface area contributed by atoms with Crippen LogP contribution in [0.2, 0.25) is 5.02 Å². The van der Waals surface area contributed by atoms with Crippen LogP contribution in [0.15, 0.2) is 48.5 Å². The SMILES string of the molecule is CCc1ccc(N2CCN(C(=O)c3ccccc3Cl)C(C)C2=O)cc1. The van der Waals surface area contributed by atoms with Crippen LogP contribution in [0.3, 0.4) is 0 Å². The number of benzene rings is 2. The molecule has 0 bridgehead atoms. The zero-order chi connectivity index (χ0) is 18.0. The third-order valence-corrected chi connectivity index (χ3v) is 5.01. The first-order chi connectivity index (χ1) is 12.0. The van der Waals surface area contributed by atoms with Gasteiger partial charge in [-0.25, -0.2) is 0 Å². The fourth-order valence-corrected chi connectivity index (χ4v) is 3.32. The molecule has 2 aromatic rings. The smallest absolute Gasteiger partial charge is 0.256 e. The van der Waals surface area contributed by atoms with Gasteiger partial charge in [0.05, 0.1) is 10.6 Å². The van der Waals surface area contributed by atoms with E-state index in [0.717, 1.165) is 12.1 Å². The maximum absolute atomic E-state index is 12.8. The summed E-state index contributed by atoms with van der Waals surface area (Å²) in [4.78, 5) is 28.9. The first-order valence-corrected chi connectivity index (χ1v) is 8.86. The predicted molar refractivity (Wildman–Crippen MR) is 100 cm³/mol. The molecular formula is C20H21ClN2O2. The molecule has 0 saturated carbocycles. The topological polar surface area (TPSA) is 40.6 Å². The highest BCUT2D eigenvalue weighted by Crippen LogP contribution is 2.24. The monoisotopic (exact) mass is 356 g/mol. The van der Waals surface area contributed by atoms with E-state index in [9.17, 15) is 9.59 Å². The average molecular weight is 357 g/mol. The fraction of sp³-hybridized carbons (Fsp3) is 0.300. The Hall–Kier alpha value is -2.33. The van der Waals surface area contributed by atoms with Gasteiger partial charge in [0, 0.05) is 18.8 Å². The molecule has 130 valence electrons. The average Bonchev–Trinajstić information content (AvgIpc) is 2.64. The number of halogens is 1. The maximum Gasteiger partial charge on any atom is 0.256 e. The molecular weight excluding hydrogens is 336 g/mol. The Bertz CT molecular complexity index is 789. The Morgan fingerprint density at radius 1 is 1.12 bits per heavy atom. The second-order valence-corrected chi connectivity index (χ2v) is 6.57. The Kier molecular flexibility index (Phi) is 5.09. The van der Waals surface area contributed by atoms with Crippen molar-refractivity contribution < 1.29 is 9.59 Å². The second kappa shape index (κ2) is 7.28. The molecule has 1 unspecified atom stereocenters. The molecule has 0 radical (unpaired) electrons. The van der Waals surface area contributed by atoms with Gasteiger partial charge in [-0.3, -0.25) is 9.59 Å². The van der Waals surface area contributed by atoms with Crippen molar-refractivity contribution in [3.63, 3.8) is 0 Å². The van der Waals surface area contributed by atoms with Crippen LogP contribution in [-0.4, -0.2) is 35.8 Å². The Labute approximate surface area is 153 Å². The lowest BCUT2D eigenvalue weighted by Crippen LogP contribution is -2.57.